The van der Waals surface area contributed by atoms with Gasteiger partial charge in [-0.2, -0.15) is 39.5 Å². The summed E-state index contributed by atoms with van der Waals surface area (Å²) in [7, 11) is 4.97. The Bertz CT molecular complexity index is 6440. The molecule has 128 heavy (non-hydrogen) atoms. The molecule has 4 atom stereocenters. The van der Waals surface area contributed by atoms with Crippen molar-refractivity contribution in [3.05, 3.63) is 249 Å². The number of carbonyl (C=O) groups is 1. The lowest BCUT2D eigenvalue weighted by Crippen LogP contribution is -2.61. The minimum absolute atomic E-state index is 0.0334. The highest BCUT2D eigenvalue weighted by atomic mass is 19.4. The number of fused-ring (bicyclic) bond motifs is 4. The molecule has 0 bridgehead atoms. The van der Waals surface area contributed by atoms with Gasteiger partial charge in [-0.25, -0.2) is 58.0 Å². The van der Waals surface area contributed by atoms with E-state index in [1.165, 1.54) is 76.0 Å². The number of aromatic nitrogens is 12. The third kappa shape index (κ3) is 19.9. The number of halogens is 12. The first-order valence-corrected chi connectivity index (χ1v) is 42.4. The van der Waals surface area contributed by atoms with E-state index >= 15 is 0 Å². The number of aryl methyl sites for hydroxylation is 5. The smallest absolute Gasteiger partial charge is 0.399 e. The predicted octanol–water partition coefficient (Wildman–Crippen LogP) is 20.4. The molecule has 17 rings (SSSR count). The number of pyridine rings is 2. The molecule has 23 nitrogen and oxygen atoms in total. The highest BCUT2D eigenvalue weighted by molar-refractivity contribution is 6.08. The van der Waals surface area contributed by atoms with Crippen molar-refractivity contribution in [2.75, 3.05) is 50.7 Å². The first kappa shape index (κ1) is 91.4. The fourth-order valence-electron chi connectivity index (χ4n) is 17.1. The number of rotatable bonds is 17. The summed E-state index contributed by atoms with van der Waals surface area (Å²) in [6, 6.07) is 17.6. The molecule has 1 saturated heterocycles. The van der Waals surface area contributed by atoms with Gasteiger partial charge >= 0.3 is 18.5 Å². The van der Waals surface area contributed by atoms with Crippen LogP contribution >= 0.6 is 0 Å². The second-order valence-electron chi connectivity index (χ2n) is 33.5. The highest BCUT2D eigenvalue weighted by Crippen LogP contribution is 2.50. The molecule has 8 N–H and O–H groups in total. The molecule has 0 amide bonds. The first-order chi connectivity index (χ1) is 60.7. The van der Waals surface area contributed by atoms with Crippen LogP contribution in [0.1, 0.15) is 233 Å². The van der Waals surface area contributed by atoms with Gasteiger partial charge in [0.2, 0.25) is 0 Å². The van der Waals surface area contributed by atoms with Crippen LogP contribution in [0.2, 0.25) is 0 Å². The maximum atomic E-state index is 14.6. The average molecular weight is 1770 g/mol. The number of ketones is 1. The number of anilines is 7. The number of nitrogens with two attached hydrogens (primary N) is 2. The van der Waals surface area contributed by atoms with Gasteiger partial charge in [0, 0.05) is 73.3 Å². The highest BCUT2D eigenvalue weighted by Gasteiger charge is 2.48. The summed E-state index contributed by atoms with van der Waals surface area (Å²) in [4.78, 5) is 93.2. The Balaban J connectivity index is 0.000000138. The number of nitrogens with zero attached hydrogens (tertiary/aromatic N) is 13. The molecule has 1 aliphatic heterocycles. The quantitative estimate of drug-likeness (QED) is 0.0364. The van der Waals surface area contributed by atoms with E-state index in [0.717, 1.165) is 149 Å². The lowest BCUT2D eigenvalue weighted by atomic mass is 9.63. The summed E-state index contributed by atoms with van der Waals surface area (Å²) in [6.45, 7) is 12.1. The minimum atomic E-state index is -4.50. The summed E-state index contributed by atoms with van der Waals surface area (Å²) in [5.74, 6) is 1.77. The van der Waals surface area contributed by atoms with Crippen LogP contribution in [-0.4, -0.2) is 77.4 Å². The minimum Gasteiger partial charge on any atom is -0.399 e. The summed E-state index contributed by atoms with van der Waals surface area (Å²) in [5, 5.41) is 14.0. The molecule has 6 aliphatic rings. The lowest BCUT2D eigenvalue weighted by Gasteiger charge is -2.56. The molecule has 5 aliphatic carbocycles. The van der Waals surface area contributed by atoms with Crippen molar-refractivity contribution in [2.45, 2.75) is 193 Å². The standard InChI is InChI=1S/C24H26F3N5O.C24H25F3N4O.C23H24F3N5O.C22H22F3N5O/c1-13(16-9-17(24(25,26)27)11-18(28)10-16)29-21-20-12-19(15-7-5-4-6-8-15)23(33)32(3)22(20)31-14(2)30-21;1-13(16-8-17(24(25,26)27)10-18(28)9-16)29-23-20-11-19(15-6-4-3-5-7-15)22(32)12-21(20)30-14(2)31-23;1-13(14-5-3-6-15(18(14)24)19(25)26)29-20-16-9-17(31-10-23(11-31)7-4-8-23)22(32)30(2)21(16)28-12-27-20;1-13(15-9-6-10-16(11-15)22(23,24)25)28-19-18-20(27-12-26-19)30(2)21(31)17(29-18)14-7-4-3-5-8-14/h7,9-13H,4-6,8,28H2,1-3H3,(H,29,30,31);6,8-11,13H,3-5,7,12,28H2,1-2H3,(H,29,30,31);3,5-6,9,12-13,19H,4,7-8,10-11H2,1-2H3,(H,27,28,29);6-7,9-13H,3-5,8H2,1-2H3,(H,26,27,28)/t4*13-/m1111/s1. The molecule has 4 aromatic carbocycles. The number of allylic oxidation sites excluding steroid dienone is 7. The van der Waals surface area contributed by atoms with Crippen molar-refractivity contribution in [3.8, 4) is 0 Å². The third-order valence-electron chi connectivity index (χ3n) is 24.2. The molecule has 0 radical (unpaired) electrons. The molecular weight excluding hydrogens is 1680 g/mol. The zero-order valence-electron chi connectivity index (χ0n) is 71.9. The lowest BCUT2D eigenvalue weighted by molar-refractivity contribution is -0.138. The number of alkyl halides is 11. The topological polar surface area (TPSA) is 302 Å². The second-order valence-corrected chi connectivity index (χ2v) is 33.5. The van der Waals surface area contributed by atoms with E-state index in [1.807, 2.05) is 12.2 Å². The first-order valence-electron chi connectivity index (χ1n) is 42.4. The maximum absolute atomic E-state index is 14.6. The van der Waals surface area contributed by atoms with Gasteiger partial charge in [-0.3, -0.25) is 32.9 Å². The Hall–Kier alpha value is -12.9. The monoisotopic (exact) mass is 1770 g/mol. The molecule has 1 spiro atoms. The van der Waals surface area contributed by atoms with Gasteiger partial charge < -0.3 is 37.6 Å². The van der Waals surface area contributed by atoms with Gasteiger partial charge in [-0.1, -0.05) is 55.0 Å². The van der Waals surface area contributed by atoms with E-state index in [0.29, 0.717) is 124 Å². The summed E-state index contributed by atoms with van der Waals surface area (Å²) < 4.78 is 164. The normalized spacial score (nSPS) is 16.6. The van der Waals surface area contributed by atoms with Gasteiger partial charge in [0.1, 0.15) is 75.8 Å². The Morgan fingerprint density at radius 3 is 1.57 bits per heavy atom. The van der Waals surface area contributed by atoms with E-state index in [2.05, 4.69) is 83.2 Å². The van der Waals surface area contributed by atoms with E-state index in [-0.39, 0.29) is 45.8 Å². The van der Waals surface area contributed by atoms with Crippen molar-refractivity contribution >= 4 is 96.6 Å². The zero-order valence-corrected chi connectivity index (χ0v) is 71.9. The van der Waals surface area contributed by atoms with Crippen LogP contribution in [0.4, 0.5) is 93.0 Å². The Morgan fingerprint density at radius 1 is 0.477 bits per heavy atom. The van der Waals surface area contributed by atoms with E-state index in [4.69, 9.17) is 11.5 Å². The summed E-state index contributed by atoms with van der Waals surface area (Å²) in [5.41, 5.74) is 18.1. The zero-order chi connectivity index (χ0) is 91.8. The van der Waals surface area contributed by atoms with E-state index < -0.39 is 77.2 Å². The van der Waals surface area contributed by atoms with Crippen LogP contribution in [0.5, 0.6) is 0 Å². The number of nitrogen functional groups attached to an aromatic ring is 2. The van der Waals surface area contributed by atoms with E-state index in [9.17, 15) is 71.9 Å². The Morgan fingerprint density at radius 2 is 0.984 bits per heavy atom. The molecular formula is C93H97F12N19O4. The van der Waals surface area contributed by atoms with Gasteiger partial charge in [-0.05, 0) is 232 Å². The van der Waals surface area contributed by atoms with Crippen molar-refractivity contribution in [1.29, 1.82) is 0 Å². The molecule has 7 aromatic heterocycles. The number of hydrogen-bond acceptors (Lipinski definition) is 20. The van der Waals surface area contributed by atoms with Crippen LogP contribution in [0.3, 0.4) is 0 Å². The average Bonchev–Trinajstić information content (AvgIpc) is 0.730. The van der Waals surface area contributed by atoms with Crippen LogP contribution < -0.4 is 54.3 Å². The number of Topliss-reactive ketones (excluding diaryl/α,β-unsaturated/α-hetero) is 1. The van der Waals surface area contributed by atoms with Crippen molar-refractivity contribution in [1.82, 2.24) is 58.6 Å². The molecule has 2 fully saturated rings. The van der Waals surface area contributed by atoms with Crippen molar-refractivity contribution in [2.24, 2.45) is 26.6 Å². The number of hydrogen-bond donors (Lipinski definition) is 6. The fourth-order valence-corrected chi connectivity index (χ4v) is 17.1. The second kappa shape index (κ2) is 37.2. The van der Waals surface area contributed by atoms with Crippen LogP contribution in [0, 0.1) is 25.1 Å². The van der Waals surface area contributed by atoms with Gasteiger partial charge in [-0.15, -0.1) is 0 Å². The molecule has 8 heterocycles. The summed E-state index contributed by atoms with van der Waals surface area (Å²) >= 11 is 0. The molecule has 672 valence electrons. The Kier molecular flexibility index (Phi) is 26.6. The largest absolute Gasteiger partial charge is 0.416 e. The maximum Gasteiger partial charge on any atom is 0.416 e. The summed E-state index contributed by atoms with van der Waals surface area (Å²) in [6.07, 6.45) is 9.90. The molecule has 0 unspecified atom stereocenters. The van der Waals surface area contributed by atoms with Gasteiger partial charge in [0.05, 0.1) is 69.3 Å². The third-order valence-corrected chi connectivity index (χ3v) is 24.2. The molecule has 1 saturated carbocycles. The molecule has 35 heteroatoms. The fraction of sp³-hybridized carbons (Fsp3) is 0.387. The van der Waals surface area contributed by atoms with Gasteiger partial charge in [0.25, 0.3) is 23.1 Å². The van der Waals surface area contributed by atoms with Crippen molar-refractivity contribution < 1.29 is 57.5 Å². The van der Waals surface area contributed by atoms with Gasteiger partial charge in [0.15, 0.2) is 17.2 Å². The number of carbonyl (C=O) groups excluding carboxylic acids is 1. The number of benzene rings is 4. The molecule has 11 aromatic rings. The van der Waals surface area contributed by atoms with Crippen LogP contribution in [0.15, 0.2) is 147 Å². The number of nitrogens with one attached hydrogen (secondary N) is 4. The Labute approximate surface area is 728 Å². The van der Waals surface area contributed by atoms with Crippen molar-refractivity contribution in [3.63, 3.8) is 0 Å². The van der Waals surface area contributed by atoms with E-state index in [1.54, 1.807) is 80.9 Å². The predicted molar refractivity (Wildman–Crippen MR) is 471 cm³/mol. The SMILES string of the molecule is C[C@@H](Nc1ncnc2c1cc(N1CC3(CCC3)C1)c(=O)n2C)c1cccc(C(F)F)c1F.C[C@@H](Nc1ncnc2c1nc(C1=CCCCC1)c(=O)n2C)c1cccc(C(F)(F)F)c1.Cc1nc(N[C@H](C)c2cc(N)cc(C(F)(F)F)c2)c2cc(C3=CCCCC3)c(=O)n(C)c2n1.Cc1nc2c(c(N[C@H](C)c3cc(N)cc(C(F)(F)F)c3)n1)C=C(C1=CCCCC1)C(=O)C2. The van der Waals surface area contributed by atoms with Crippen LogP contribution in [0.25, 0.3) is 50.5 Å². The van der Waals surface area contributed by atoms with Crippen LogP contribution in [-0.2, 0) is 50.9 Å².